The van der Waals surface area contributed by atoms with Crippen LogP contribution in [0.25, 0.3) is 17.0 Å². The molecule has 2 heterocycles. The van der Waals surface area contributed by atoms with E-state index in [9.17, 15) is 4.39 Å². The first-order chi connectivity index (χ1) is 9.20. The summed E-state index contributed by atoms with van der Waals surface area (Å²) in [5.41, 5.74) is 6.86. The van der Waals surface area contributed by atoms with E-state index in [1.165, 1.54) is 4.52 Å². The number of nitrogen functional groups attached to an aromatic ring is 1. The maximum Gasteiger partial charge on any atom is 0.182 e. The topological polar surface area (TPSA) is 69.1 Å². The number of hydrogen-bond donors (Lipinski definition) is 1. The number of fused-ring (bicyclic) bond motifs is 1. The summed E-state index contributed by atoms with van der Waals surface area (Å²) in [6.07, 6.45) is 0. The van der Waals surface area contributed by atoms with Crippen LogP contribution in [0.5, 0.6) is 0 Å². The van der Waals surface area contributed by atoms with Crippen LogP contribution in [-0.4, -0.2) is 19.6 Å². The Bertz CT molecular complexity index is 741. The molecule has 0 saturated heterocycles. The molecule has 0 bridgehead atoms. The first-order valence-electron chi connectivity index (χ1n) is 5.52. The number of rotatable bonds is 2. The lowest BCUT2D eigenvalue weighted by Gasteiger charge is -2.06. The molecule has 0 atom stereocenters. The second-order valence-electron chi connectivity index (χ2n) is 3.90. The highest BCUT2D eigenvalue weighted by Gasteiger charge is 2.16. The summed E-state index contributed by atoms with van der Waals surface area (Å²) in [7, 11) is 0. The van der Waals surface area contributed by atoms with Crippen molar-refractivity contribution in [2.75, 3.05) is 5.73 Å². The lowest BCUT2D eigenvalue weighted by atomic mass is 10.2. The number of aromatic nitrogens is 4. The number of halogens is 2. The van der Waals surface area contributed by atoms with Crippen LogP contribution in [0.1, 0.15) is 5.82 Å². The molecule has 2 aromatic heterocycles. The normalized spacial score (nSPS) is 11.1. The van der Waals surface area contributed by atoms with Crippen molar-refractivity contribution in [1.29, 1.82) is 0 Å². The average molecular weight is 278 g/mol. The summed E-state index contributed by atoms with van der Waals surface area (Å²) in [4.78, 5) is 8.21. The predicted molar refractivity (Wildman–Crippen MR) is 70.5 cm³/mol. The molecule has 0 spiro atoms. The van der Waals surface area contributed by atoms with Gasteiger partial charge in [0.1, 0.15) is 10.8 Å². The standard InChI is InChI=1S/C12H9ClFN5/c13-9-10(15)17-11(7-4-2-1-3-5-7)19-12(9)16-8(6-14)18-19/h1-5H,6,15H2. The van der Waals surface area contributed by atoms with E-state index in [1.54, 1.807) is 0 Å². The van der Waals surface area contributed by atoms with Crippen molar-refractivity contribution in [3.63, 3.8) is 0 Å². The Morgan fingerprint density at radius 3 is 2.63 bits per heavy atom. The molecule has 0 aliphatic rings. The maximum atomic E-state index is 12.7. The Hall–Kier alpha value is -2.21. The fraction of sp³-hybridized carbons (Fsp3) is 0.0833. The molecule has 0 radical (unpaired) electrons. The van der Waals surface area contributed by atoms with E-state index in [4.69, 9.17) is 17.3 Å². The summed E-state index contributed by atoms with van der Waals surface area (Å²) in [5, 5.41) is 4.21. The van der Waals surface area contributed by atoms with Crippen LogP contribution >= 0.6 is 11.6 Å². The molecule has 19 heavy (non-hydrogen) atoms. The molecule has 1 aromatic carbocycles. The molecule has 0 aliphatic heterocycles. The van der Waals surface area contributed by atoms with E-state index in [-0.39, 0.29) is 16.7 Å². The Morgan fingerprint density at radius 1 is 1.21 bits per heavy atom. The third kappa shape index (κ3) is 1.90. The van der Waals surface area contributed by atoms with Crippen molar-refractivity contribution in [2.45, 2.75) is 6.67 Å². The molecule has 2 N–H and O–H groups in total. The predicted octanol–water partition coefficient (Wildman–Crippen LogP) is 2.50. The largest absolute Gasteiger partial charge is 0.382 e. The summed E-state index contributed by atoms with van der Waals surface area (Å²) < 4.78 is 14.1. The van der Waals surface area contributed by atoms with Crippen LogP contribution < -0.4 is 5.73 Å². The number of benzene rings is 1. The minimum atomic E-state index is -0.772. The Morgan fingerprint density at radius 2 is 1.95 bits per heavy atom. The van der Waals surface area contributed by atoms with Gasteiger partial charge < -0.3 is 5.73 Å². The van der Waals surface area contributed by atoms with Gasteiger partial charge in [-0.2, -0.15) is 4.52 Å². The van der Waals surface area contributed by atoms with Crippen LogP contribution in [0.2, 0.25) is 5.02 Å². The molecule has 0 aliphatic carbocycles. The molecule has 0 unspecified atom stereocenters. The minimum absolute atomic E-state index is 0.0477. The molecule has 5 nitrogen and oxygen atoms in total. The molecule has 7 heteroatoms. The Labute approximate surface area is 112 Å². The zero-order chi connectivity index (χ0) is 13.4. The third-order valence-corrected chi connectivity index (χ3v) is 3.01. The van der Waals surface area contributed by atoms with Crippen molar-refractivity contribution in [2.24, 2.45) is 0 Å². The quantitative estimate of drug-likeness (QED) is 0.781. The van der Waals surface area contributed by atoms with Crippen LogP contribution in [0, 0.1) is 0 Å². The lowest BCUT2D eigenvalue weighted by Crippen LogP contribution is -2.03. The highest BCUT2D eigenvalue weighted by molar-refractivity contribution is 6.35. The highest BCUT2D eigenvalue weighted by Crippen LogP contribution is 2.27. The van der Waals surface area contributed by atoms with Gasteiger partial charge in [0.25, 0.3) is 0 Å². The van der Waals surface area contributed by atoms with E-state index in [1.807, 2.05) is 30.3 Å². The van der Waals surface area contributed by atoms with Crippen molar-refractivity contribution in [1.82, 2.24) is 19.6 Å². The van der Waals surface area contributed by atoms with Crippen LogP contribution in [0.15, 0.2) is 30.3 Å². The second-order valence-corrected chi connectivity index (χ2v) is 4.28. The molecule has 0 amide bonds. The van der Waals surface area contributed by atoms with E-state index >= 15 is 0 Å². The van der Waals surface area contributed by atoms with Crippen molar-refractivity contribution in [3.8, 4) is 11.4 Å². The van der Waals surface area contributed by atoms with Gasteiger partial charge in [-0.05, 0) is 0 Å². The molecule has 3 aromatic rings. The van der Waals surface area contributed by atoms with Gasteiger partial charge in [-0.25, -0.2) is 14.4 Å². The lowest BCUT2D eigenvalue weighted by molar-refractivity contribution is 0.465. The molecular weight excluding hydrogens is 269 g/mol. The van der Waals surface area contributed by atoms with Crippen LogP contribution in [0.3, 0.4) is 0 Å². The van der Waals surface area contributed by atoms with E-state index in [0.717, 1.165) is 5.56 Å². The number of nitrogens with two attached hydrogens (primary N) is 1. The van der Waals surface area contributed by atoms with Crippen LogP contribution in [-0.2, 0) is 6.67 Å². The second kappa shape index (κ2) is 4.47. The third-order valence-electron chi connectivity index (χ3n) is 2.65. The zero-order valence-electron chi connectivity index (χ0n) is 9.72. The van der Waals surface area contributed by atoms with Gasteiger partial charge in [0.2, 0.25) is 0 Å². The Balaban J connectivity index is 2.36. The zero-order valence-corrected chi connectivity index (χ0v) is 10.5. The smallest absolute Gasteiger partial charge is 0.182 e. The summed E-state index contributed by atoms with van der Waals surface area (Å²) in [6, 6.07) is 9.31. The molecule has 96 valence electrons. The monoisotopic (exact) mass is 277 g/mol. The molecule has 0 saturated carbocycles. The van der Waals surface area contributed by atoms with Gasteiger partial charge in [0.15, 0.2) is 24.0 Å². The highest BCUT2D eigenvalue weighted by atomic mass is 35.5. The van der Waals surface area contributed by atoms with Crippen molar-refractivity contribution in [3.05, 3.63) is 41.2 Å². The van der Waals surface area contributed by atoms with E-state index < -0.39 is 6.67 Å². The average Bonchev–Trinajstić information content (AvgIpc) is 2.88. The fourth-order valence-electron chi connectivity index (χ4n) is 1.80. The first-order valence-corrected chi connectivity index (χ1v) is 5.90. The molecule has 3 rings (SSSR count). The summed E-state index contributed by atoms with van der Waals surface area (Å²) >= 11 is 6.02. The minimum Gasteiger partial charge on any atom is -0.382 e. The van der Waals surface area contributed by atoms with Gasteiger partial charge in [-0.15, -0.1) is 5.10 Å². The van der Waals surface area contributed by atoms with E-state index in [2.05, 4.69) is 15.1 Å². The number of nitrogens with zero attached hydrogens (tertiary/aromatic N) is 4. The number of hydrogen-bond acceptors (Lipinski definition) is 4. The number of anilines is 1. The molecule has 0 fully saturated rings. The summed E-state index contributed by atoms with van der Waals surface area (Å²) in [5.74, 6) is 0.669. The van der Waals surface area contributed by atoms with Gasteiger partial charge in [-0.1, -0.05) is 41.9 Å². The SMILES string of the molecule is Nc1nc(-c2ccccc2)n2nc(CF)nc2c1Cl. The van der Waals surface area contributed by atoms with E-state index in [0.29, 0.717) is 11.5 Å². The molecular formula is C12H9ClFN5. The Kier molecular flexibility index (Phi) is 2.79. The summed E-state index contributed by atoms with van der Waals surface area (Å²) in [6.45, 7) is -0.772. The van der Waals surface area contributed by atoms with Crippen molar-refractivity contribution >= 4 is 23.1 Å². The maximum absolute atomic E-state index is 12.7. The fourth-order valence-corrected chi connectivity index (χ4v) is 1.96. The van der Waals surface area contributed by atoms with Crippen molar-refractivity contribution < 1.29 is 4.39 Å². The van der Waals surface area contributed by atoms with Gasteiger partial charge in [-0.3, -0.25) is 0 Å². The van der Waals surface area contributed by atoms with Gasteiger partial charge >= 0.3 is 0 Å². The first kappa shape index (κ1) is 11.9. The number of alkyl halides is 1. The van der Waals surface area contributed by atoms with Crippen LogP contribution in [0.4, 0.5) is 10.2 Å². The van der Waals surface area contributed by atoms with Gasteiger partial charge in [0.05, 0.1) is 0 Å². The van der Waals surface area contributed by atoms with Gasteiger partial charge in [0, 0.05) is 5.56 Å².